The molecule has 0 bridgehead atoms. The first-order chi connectivity index (χ1) is 18.2. The van der Waals surface area contributed by atoms with E-state index in [1.165, 1.54) is 19.2 Å². The minimum absolute atomic E-state index is 0.0178. The smallest absolute Gasteiger partial charge is 0.337 e. The van der Waals surface area contributed by atoms with E-state index in [1.54, 1.807) is 18.2 Å². The molecule has 12 heteroatoms. The zero-order valence-corrected chi connectivity index (χ0v) is 20.7. The number of ether oxygens (including phenoxy) is 2. The first-order valence-corrected chi connectivity index (χ1v) is 12.0. The number of methoxy groups -OCH3 is 1. The van der Waals surface area contributed by atoms with Crippen molar-refractivity contribution in [1.82, 2.24) is 10.6 Å². The Kier molecular flexibility index (Phi) is 7.92. The number of hydrogen-bond acceptors (Lipinski definition) is 8. The maximum absolute atomic E-state index is 12.3. The van der Waals surface area contributed by atoms with Gasteiger partial charge < -0.3 is 25.2 Å². The fourth-order valence-corrected chi connectivity index (χ4v) is 4.34. The van der Waals surface area contributed by atoms with Crippen LogP contribution >= 0.6 is 11.8 Å². The van der Waals surface area contributed by atoms with Crippen LogP contribution in [-0.4, -0.2) is 54.5 Å². The van der Waals surface area contributed by atoms with Crippen molar-refractivity contribution in [3.05, 3.63) is 76.2 Å². The van der Waals surface area contributed by atoms with Gasteiger partial charge in [-0.25, -0.2) is 14.4 Å². The number of aromatic carboxylic acids is 1. The Morgan fingerprint density at radius 3 is 2.45 bits per heavy atom. The lowest BCUT2D eigenvalue weighted by atomic mass is 10.0. The molecule has 1 aliphatic heterocycles. The van der Waals surface area contributed by atoms with Gasteiger partial charge in [0.15, 0.2) is 0 Å². The second kappa shape index (κ2) is 11.5. The average molecular weight is 536 g/mol. The van der Waals surface area contributed by atoms with E-state index >= 15 is 0 Å². The Morgan fingerprint density at radius 1 is 1.03 bits per heavy atom. The minimum atomic E-state index is -1.26. The standard InChI is InChI=1S/C26H21N3O8S/c1-36-24(33)16-10-15(23(31)32)11-17(12-16)28-25(34)27-8-9-37-20-7-6-14(18-4-2-3-5-19(18)20)13-21-22(30)29-26(35)38-21/h2-7,10-13H,8-9H2,1H3,(H,31,32)(H2,27,28,34)(H,29,30,35)/b21-13+. The van der Waals surface area contributed by atoms with E-state index in [-0.39, 0.29) is 30.0 Å². The lowest BCUT2D eigenvalue weighted by molar-refractivity contribution is -0.115. The minimum Gasteiger partial charge on any atom is -0.491 e. The quantitative estimate of drug-likeness (QED) is 0.191. The van der Waals surface area contributed by atoms with Gasteiger partial charge in [0.05, 0.1) is 29.7 Å². The molecule has 3 aromatic carbocycles. The highest BCUT2D eigenvalue weighted by atomic mass is 32.2. The van der Waals surface area contributed by atoms with Gasteiger partial charge in [-0.2, -0.15) is 0 Å². The highest BCUT2D eigenvalue weighted by Crippen LogP contribution is 2.32. The first-order valence-electron chi connectivity index (χ1n) is 11.2. The monoisotopic (exact) mass is 535 g/mol. The summed E-state index contributed by atoms with van der Waals surface area (Å²) in [4.78, 5) is 59.1. The van der Waals surface area contributed by atoms with Crippen LogP contribution in [0.5, 0.6) is 5.75 Å². The highest BCUT2D eigenvalue weighted by molar-refractivity contribution is 8.18. The molecule has 1 saturated heterocycles. The summed E-state index contributed by atoms with van der Waals surface area (Å²) in [6, 6.07) is 14.0. The van der Waals surface area contributed by atoms with E-state index in [0.29, 0.717) is 10.7 Å². The number of thioether (sulfide) groups is 1. The molecule has 0 unspecified atom stereocenters. The number of rotatable bonds is 8. The maximum atomic E-state index is 12.3. The first kappa shape index (κ1) is 26.2. The van der Waals surface area contributed by atoms with E-state index in [0.717, 1.165) is 34.2 Å². The molecule has 1 heterocycles. The Balaban J connectivity index is 1.39. The molecule has 0 saturated carbocycles. The number of urea groups is 1. The predicted molar refractivity (Wildman–Crippen MR) is 140 cm³/mol. The van der Waals surface area contributed by atoms with Crippen LogP contribution < -0.4 is 20.7 Å². The number of nitrogens with one attached hydrogen (secondary N) is 3. The van der Waals surface area contributed by atoms with Crippen molar-refractivity contribution >= 4 is 63.4 Å². The van der Waals surface area contributed by atoms with Gasteiger partial charge in [-0.05, 0) is 53.1 Å². The van der Waals surface area contributed by atoms with Gasteiger partial charge >= 0.3 is 18.0 Å². The van der Waals surface area contributed by atoms with Crippen LogP contribution in [0, 0.1) is 0 Å². The van der Waals surface area contributed by atoms with Crippen molar-refractivity contribution in [3.8, 4) is 5.75 Å². The number of hydrogen-bond donors (Lipinski definition) is 4. The molecule has 38 heavy (non-hydrogen) atoms. The number of anilines is 1. The summed E-state index contributed by atoms with van der Waals surface area (Å²) in [5, 5.41) is 17.8. The Labute approximate surface area is 220 Å². The summed E-state index contributed by atoms with van der Waals surface area (Å²) in [6.45, 7) is 0.237. The van der Waals surface area contributed by atoms with Gasteiger partial charge in [-0.1, -0.05) is 30.3 Å². The lowest BCUT2D eigenvalue weighted by Crippen LogP contribution is -2.32. The van der Waals surface area contributed by atoms with Gasteiger partial charge in [0.25, 0.3) is 11.1 Å². The molecule has 11 nitrogen and oxygen atoms in total. The summed E-state index contributed by atoms with van der Waals surface area (Å²) in [5.74, 6) is -1.88. The van der Waals surface area contributed by atoms with Gasteiger partial charge in [-0.3, -0.25) is 14.9 Å². The van der Waals surface area contributed by atoms with Crippen LogP contribution in [0.2, 0.25) is 0 Å². The van der Waals surface area contributed by atoms with E-state index in [2.05, 4.69) is 20.7 Å². The molecule has 0 aliphatic carbocycles. The number of benzene rings is 3. The summed E-state index contributed by atoms with van der Waals surface area (Å²) in [7, 11) is 1.17. The number of carboxylic acid groups (broad SMARTS) is 1. The third-order valence-corrected chi connectivity index (χ3v) is 6.16. The van der Waals surface area contributed by atoms with Crippen LogP contribution in [-0.2, 0) is 9.53 Å². The third-order valence-electron chi connectivity index (χ3n) is 5.35. The van der Waals surface area contributed by atoms with Crippen LogP contribution in [0.3, 0.4) is 0 Å². The number of carboxylic acids is 1. The number of esters is 1. The Bertz CT molecular complexity index is 1500. The van der Waals surface area contributed by atoms with Crippen LogP contribution in [0.25, 0.3) is 16.8 Å². The molecule has 4 N–H and O–H groups in total. The summed E-state index contributed by atoms with van der Waals surface area (Å²) in [5.41, 5.74) is 0.648. The van der Waals surface area contributed by atoms with Crippen molar-refractivity contribution in [3.63, 3.8) is 0 Å². The average Bonchev–Trinajstić information content (AvgIpc) is 3.22. The van der Waals surface area contributed by atoms with Crippen LogP contribution in [0.4, 0.5) is 15.3 Å². The van der Waals surface area contributed by atoms with E-state index in [1.807, 2.05) is 24.3 Å². The molecule has 4 rings (SSSR count). The molecule has 1 aliphatic rings. The van der Waals surface area contributed by atoms with Crippen molar-refractivity contribution < 1.29 is 38.6 Å². The zero-order valence-electron chi connectivity index (χ0n) is 19.9. The Morgan fingerprint density at radius 2 is 1.76 bits per heavy atom. The second-order valence-electron chi connectivity index (χ2n) is 7.88. The molecule has 3 aromatic rings. The summed E-state index contributed by atoms with van der Waals surface area (Å²) >= 11 is 0.839. The van der Waals surface area contributed by atoms with Gasteiger partial charge in [0, 0.05) is 11.1 Å². The normalized spacial score (nSPS) is 13.8. The number of amides is 4. The molecule has 0 radical (unpaired) electrons. The second-order valence-corrected chi connectivity index (χ2v) is 8.89. The van der Waals surface area contributed by atoms with Crippen molar-refractivity contribution in [2.75, 3.05) is 25.6 Å². The molecule has 1 fully saturated rings. The summed E-state index contributed by atoms with van der Waals surface area (Å²) in [6.07, 6.45) is 1.65. The predicted octanol–water partition coefficient (Wildman–Crippen LogP) is 3.85. The van der Waals surface area contributed by atoms with Crippen molar-refractivity contribution in [2.24, 2.45) is 0 Å². The van der Waals surface area contributed by atoms with E-state index in [4.69, 9.17) is 4.74 Å². The molecule has 194 valence electrons. The number of carbonyl (C=O) groups excluding carboxylic acids is 4. The number of carbonyl (C=O) groups is 5. The van der Waals surface area contributed by atoms with Crippen molar-refractivity contribution in [1.29, 1.82) is 0 Å². The number of imide groups is 1. The van der Waals surface area contributed by atoms with Gasteiger partial charge in [-0.15, -0.1) is 0 Å². The van der Waals surface area contributed by atoms with Crippen molar-refractivity contribution in [2.45, 2.75) is 0 Å². The third kappa shape index (κ3) is 6.10. The molecule has 0 aromatic heterocycles. The van der Waals surface area contributed by atoms with E-state index in [9.17, 15) is 29.1 Å². The molecule has 0 atom stereocenters. The molecular weight excluding hydrogens is 514 g/mol. The number of fused-ring (bicyclic) bond motifs is 1. The Hall–Kier alpha value is -4.84. The van der Waals surface area contributed by atoms with Crippen LogP contribution in [0.1, 0.15) is 26.3 Å². The summed E-state index contributed by atoms with van der Waals surface area (Å²) < 4.78 is 10.5. The zero-order chi connectivity index (χ0) is 27.2. The van der Waals surface area contributed by atoms with Gasteiger partial charge in [0.2, 0.25) is 0 Å². The van der Waals surface area contributed by atoms with Gasteiger partial charge in [0.1, 0.15) is 12.4 Å². The van der Waals surface area contributed by atoms with E-state index < -0.39 is 29.1 Å². The van der Waals surface area contributed by atoms with Crippen LogP contribution in [0.15, 0.2) is 59.5 Å². The fraction of sp³-hybridized carbons (Fsp3) is 0.115. The molecule has 4 amide bonds. The topological polar surface area (TPSA) is 160 Å². The fourth-order valence-electron chi connectivity index (χ4n) is 3.67. The molecular formula is C26H21N3O8S. The SMILES string of the molecule is COC(=O)c1cc(NC(=O)NCCOc2ccc(/C=C3/SC(=O)NC3=O)c3ccccc23)cc(C(=O)O)c1. The molecule has 0 spiro atoms. The largest absolute Gasteiger partial charge is 0.491 e. The maximum Gasteiger partial charge on any atom is 0.337 e. The lowest BCUT2D eigenvalue weighted by Gasteiger charge is -2.13. The highest BCUT2D eigenvalue weighted by Gasteiger charge is 2.25.